The van der Waals surface area contributed by atoms with Crippen LogP contribution in [0.3, 0.4) is 0 Å². The van der Waals surface area contributed by atoms with Gasteiger partial charge in [-0.05, 0) is 43.9 Å². The van der Waals surface area contributed by atoms with Gasteiger partial charge < -0.3 is 25.6 Å². The fraction of sp³-hybridized carbons (Fsp3) is 0.647. The van der Waals surface area contributed by atoms with Crippen LogP contribution in [0.4, 0.5) is 0 Å². The third kappa shape index (κ3) is 7.56. The summed E-state index contributed by atoms with van der Waals surface area (Å²) in [5.74, 6) is 0.759. The van der Waals surface area contributed by atoms with E-state index in [1.807, 2.05) is 0 Å². The molecule has 39 heavy (non-hydrogen) atoms. The zero-order valence-electron chi connectivity index (χ0n) is 26.6. The second kappa shape index (κ2) is 11.1. The molecule has 0 aliphatic carbocycles. The van der Waals surface area contributed by atoms with Crippen molar-refractivity contribution >= 4 is 0 Å². The van der Waals surface area contributed by atoms with Gasteiger partial charge >= 0.3 is 0 Å². The summed E-state index contributed by atoms with van der Waals surface area (Å²) in [4.78, 5) is 0. The van der Waals surface area contributed by atoms with Crippen LogP contribution in [0.15, 0.2) is 24.3 Å². The number of hydrogen-bond donors (Lipinski definition) is 4. The summed E-state index contributed by atoms with van der Waals surface area (Å²) in [5, 5.41) is 29.7. The van der Waals surface area contributed by atoms with Crippen LogP contribution in [0.5, 0.6) is 11.5 Å². The zero-order chi connectivity index (χ0) is 29.6. The largest absolute Gasteiger partial charge is 0.507 e. The maximum Gasteiger partial charge on any atom is 0.123 e. The Labute approximate surface area is 237 Å². The molecule has 0 radical (unpaired) electrons. The fourth-order valence-electron chi connectivity index (χ4n) is 5.11. The molecule has 218 valence electrons. The lowest BCUT2D eigenvalue weighted by Crippen LogP contribution is -2.46. The molecule has 2 atom stereocenters. The first-order chi connectivity index (χ1) is 17.7. The van der Waals surface area contributed by atoms with Crippen molar-refractivity contribution in [1.29, 1.82) is 0 Å². The van der Waals surface area contributed by atoms with Crippen molar-refractivity contribution in [2.45, 2.75) is 130 Å². The summed E-state index contributed by atoms with van der Waals surface area (Å²) >= 11 is 0. The normalized spacial score (nSPS) is 19.1. The van der Waals surface area contributed by atoms with Crippen molar-refractivity contribution in [2.75, 3.05) is 13.2 Å². The first-order valence-electron chi connectivity index (χ1n) is 14.5. The Bertz CT molecular complexity index is 1070. The van der Waals surface area contributed by atoms with Gasteiger partial charge in [0.15, 0.2) is 0 Å². The predicted molar refractivity (Wildman–Crippen MR) is 163 cm³/mol. The first-order valence-corrected chi connectivity index (χ1v) is 14.5. The molecule has 0 spiro atoms. The molecular formula is C34H54N2O3. The highest BCUT2D eigenvalue weighted by molar-refractivity contribution is 5.50. The summed E-state index contributed by atoms with van der Waals surface area (Å²) in [6.45, 7) is 28.5. The van der Waals surface area contributed by atoms with Crippen LogP contribution < -0.4 is 10.6 Å². The van der Waals surface area contributed by atoms with E-state index in [1.54, 1.807) is 0 Å². The van der Waals surface area contributed by atoms with Gasteiger partial charge in [0.1, 0.15) is 11.5 Å². The Hall–Kier alpha value is -2.08. The lowest BCUT2D eigenvalue weighted by Gasteiger charge is -2.29. The highest BCUT2D eigenvalue weighted by Gasteiger charge is 2.31. The number of nitrogens with one attached hydrogen (secondary N) is 2. The molecule has 0 bridgehead atoms. The Morgan fingerprint density at radius 3 is 1.21 bits per heavy atom. The summed E-state index contributed by atoms with van der Waals surface area (Å²) in [6.07, 6.45) is 0. The van der Waals surface area contributed by atoms with Gasteiger partial charge in [0.2, 0.25) is 0 Å². The number of phenolic OH excluding ortho intramolecular Hbond substituents is 2. The molecule has 0 saturated carbocycles. The number of rotatable bonds is 6. The van der Waals surface area contributed by atoms with E-state index in [9.17, 15) is 10.2 Å². The monoisotopic (exact) mass is 538 g/mol. The van der Waals surface area contributed by atoms with Crippen LogP contribution in [0.25, 0.3) is 0 Å². The fourth-order valence-corrected chi connectivity index (χ4v) is 5.11. The van der Waals surface area contributed by atoms with Crippen molar-refractivity contribution in [1.82, 2.24) is 10.6 Å². The van der Waals surface area contributed by atoms with Crippen LogP contribution in [-0.4, -0.2) is 35.5 Å². The molecule has 4 N–H and O–H groups in total. The van der Waals surface area contributed by atoms with Gasteiger partial charge in [-0.25, -0.2) is 0 Å². The van der Waals surface area contributed by atoms with Gasteiger partial charge in [-0.3, -0.25) is 0 Å². The van der Waals surface area contributed by atoms with Gasteiger partial charge in [-0.15, -0.1) is 0 Å². The van der Waals surface area contributed by atoms with Crippen molar-refractivity contribution < 1.29 is 14.9 Å². The summed E-state index contributed by atoms with van der Waals surface area (Å²) in [5.41, 5.74) is 5.91. The molecule has 1 saturated heterocycles. The van der Waals surface area contributed by atoms with Crippen LogP contribution in [0.2, 0.25) is 0 Å². The van der Waals surface area contributed by atoms with Gasteiger partial charge in [0.05, 0.1) is 13.2 Å². The lowest BCUT2D eigenvalue weighted by molar-refractivity contribution is 0.185. The number of hydrogen-bond acceptors (Lipinski definition) is 5. The van der Waals surface area contributed by atoms with E-state index in [2.05, 4.69) is 118 Å². The van der Waals surface area contributed by atoms with Crippen LogP contribution >= 0.6 is 0 Å². The molecule has 0 amide bonds. The predicted octanol–water partition coefficient (Wildman–Crippen LogP) is 6.93. The highest BCUT2D eigenvalue weighted by atomic mass is 16.5. The Balaban J connectivity index is 1.80. The number of benzene rings is 2. The van der Waals surface area contributed by atoms with E-state index in [0.29, 0.717) is 37.8 Å². The van der Waals surface area contributed by atoms with E-state index in [1.165, 1.54) is 11.1 Å². The van der Waals surface area contributed by atoms with E-state index < -0.39 is 0 Å². The van der Waals surface area contributed by atoms with Crippen LogP contribution in [0.1, 0.15) is 116 Å². The van der Waals surface area contributed by atoms with Crippen LogP contribution in [0, 0.1) is 0 Å². The molecule has 2 aromatic rings. The quantitative estimate of drug-likeness (QED) is 0.321. The molecule has 1 heterocycles. The average Bonchev–Trinajstić information content (AvgIpc) is 3.21. The van der Waals surface area contributed by atoms with Crippen molar-refractivity contribution in [2.24, 2.45) is 0 Å². The standard InChI is InChI=1S/C34H54N2O3/c1-31(2,3)23-13-21(29(37)25(15-23)33(7,8)9)17-35-27-19-39-20-28(27)36-18-22-14-24(32(4,5)6)16-26(30(22)38)34(10,11)12/h13-16,27-28,35-38H,17-20H2,1-12H3/t27-,28-/m1/s1. The maximum atomic E-state index is 11.2. The second-order valence-electron chi connectivity index (χ2n) is 15.6. The summed E-state index contributed by atoms with van der Waals surface area (Å²) < 4.78 is 5.87. The van der Waals surface area contributed by atoms with Gasteiger partial charge in [0.25, 0.3) is 0 Å². The minimum Gasteiger partial charge on any atom is -0.507 e. The molecule has 0 unspecified atom stereocenters. The topological polar surface area (TPSA) is 73.8 Å². The molecule has 5 heteroatoms. The Morgan fingerprint density at radius 1 is 0.590 bits per heavy atom. The minimum absolute atomic E-state index is 0.0154. The van der Waals surface area contributed by atoms with Gasteiger partial charge in [-0.2, -0.15) is 0 Å². The number of aromatic hydroxyl groups is 2. The molecular weight excluding hydrogens is 484 g/mol. The molecule has 1 aliphatic heterocycles. The SMILES string of the molecule is CC(C)(C)c1cc(CN[C@@H]2COC[C@H]2NCc2cc(C(C)(C)C)cc(C(C)(C)C)c2O)c(O)c(C(C)(C)C)c1. The van der Waals surface area contributed by atoms with E-state index >= 15 is 0 Å². The molecule has 1 aliphatic rings. The molecule has 1 fully saturated rings. The summed E-state index contributed by atoms with van der Waals surface area (Å²) in [6, 6.07) is 8.78. The van der Waals surface area contributed by atoms with Crippen LogP contribution in [-0.2, 0) is 39.5 Å². The number of phenols is 2. The zero-order valence-corrected chi connectivity index (χ0v) is 26.6. The van der Waals surface area contributed by atoms with Crippen molar-refractivity contribution in [3.63, 3.8) is 0 Å². The minimum atomic E-state index is -0.157. The van der Waals surface area contributed by atoms with Gasteiger partial charge in [0, 0.05) is 36.3 Å². The van der Waals surface area contributed by atoms with Gasteiger partial charge in [-0.1, -0.05) is 107 Å². The molecule has 2 aromatic carbocycles. The molecule has 3 rings (SSSR count). The maximum absolute atomic E-state index is 11.2. The summed E-state index contributed by atoms with van der Waals surface area (Å²) in [7, 11) is 0. The first kappa shape index (κ1) is 31.4. The Kier molecular flexibility index (Phi) is 8.92. The number of ether oxygens (including phenoxy) is 1. The molecule has 0 aromatic heterocycles. The smallest absolute Gasteiger partial charge is 0.123 e. The van der Waals surface area contributed by atoms with Crippen molar-refractivity contribution in [3.05, 3.63) is 57.6 Å². The Morgan fingerprint density at radius 2 is 0.923 bits per heavy atom. The van der Waals surface area contributed by atoms with E-state index in [0.717, 1.165) is 22.3 Å². The molecule has 5 nitrogen and oxygen atoms in total. The highest BCUT2D eigenvalue weighted by Crippen LogP contribution is 2.39. The lowest BCUT2D eigenvalue weighted by atomic mass is 9.79. The average molecular weight is 539 g/mol. The van der Waals surface area contributed by atoms with Crippen molar-refractivity contribution in [3.8, 4) is 11.5 Å². The third-order valence-corrected chi connectivity index (χ3v) is 7.92. The second-order valence-corrected chi connectivity index (χ2v) is 15.6. The van der Waals surface area contributed by atoms with E-state index in [-0.39, 0.29) is 33.7 Å². The van der Waals surface area contributed by atoms with E-state index in [4.69, 9.17) is 4.74 Å². The third-order valence-electron chi connectivity index (χ3n) is 7.92.